The highest BCUT2D eigenvalue weighted by molar-refractivity contribution is 6.06. The van der Waals surface area contributed by atoms with Crippen molar-refractivity contribution in [2.45, 2.75) is 6.42 Å². The van der Waals surface area contributed by atoms with Crippen molar-refractivity contribution in [1.82, 2.24) is 0 Å². The van der Waals surface area contributed by atoms with Gasteiger partial charge in [0.15, 0.2) is 0 Å². The summed E-state index contributed by atoms with van der Waals surface area (Å²) in [7, 11) is 1.28. The minimum atomic E-state index is -0.960. The lowest BCUT2D eigenvalue weighted by Gasteiger charge is -2.24. The van der Waals surface area contributed by atoms with Crippen molar-refractivity contribution in [1.29, 1.82) is 0 Å². The molecule has 2 N–H and O–H groups in total. The smallest absolute Gasteiger partial charge is 0.339 e. The maximum Gasteiger partial charge on any atom is 0.339 e. The Morgan fingerprint density at radius 3 is 2.30 bits per heavy atom. The van der Waals surface area contributed by atoms with Crippen molar-refractivity contribution in [3.05, 3.63) is 54.1 Å². The first-order valence-electron chi connectivity index (χ1n) is 8.82. The van der Waals surface area contributed by atoms with Gasteiger partial charge in [0.25, 0.3) is 0 Å². The molecule has 0 spiro atoms. The Hall–Kier alpha value is -3.15. The average molecular weight is 365 g/mol. The van der Waals surface area contributed by atoms with Crippen molar-refractivity contribution >= 4 is 34.3 Å². The van der Waals surface area contributed by atoms with Crippen LogP contribution < -0.4 is 5.32 Å². The van der Waals surface area contributed by atoms with Crippen molar-refractivity contribution in [3.8, 4) is 0 Å². The molecule has 2 aromatic rings. The van der Waals surface area contributed by atoms with Crippen molar-refractivity contribution in [2.24, 2.45) is 23.7 Å². The van der Waals surface area contributed by atoms with Crippen LogP contribution in [-0.2, 0) is 14.3 Å². The van der Waals surface area contributed by atoms with E-state index >= 15 is 0 Å². The largest absolute Gasteiger partial charge is 0.481 e. The maximum atomic E-state index is 13.0. The van der Waals surface area contributed by atoms with Crippen LogP contribution in [0.15, 0.2) is 48.6 Å². The van der Waals surface area contributed by atoms with Gasteiger partial charge in [0.2, 0.25) is 5.91 Å². The summed E-state index contributed by atoms with van der Waals surface area (Å²) in [6.45, 7) is 0. The predicted molar refractivity (Wildman–Crippen MR) is 99.3 cm³/mol. The first-order valence-corrected chi connectivity index (χ1v) is 8.82. The van der Waals surface area contributed by atoms with Gasteiger partial charge in [0.05, 0.1) is 30.2 Å². The molecule has 2 aromatic carbocycles. The highest BCUT2D eigenvalue weighted by Gasteiger charge is 2.51. The van der Waals surface area contributed by atoms with Crippen LogP contribution in [0.1, 0.15) is 16.8 Å². The fourth-order valence-electron chi connectivity index (χ4n) is 4.35. The third kappa shape index (κ3) is 2.87. The first kappa shape index (κ1) is 17.3. The minimum Gasteiger partial charge on any atom is -0.481 e. The van der Waals surface area contributed by atoms with Gasteiger partial charge >= 0.3 is 11.9 Å². The average Bonchev–Trinajstić information content (AvgIpc) is 3.28. The summed E-state index contributed by atoms with van der Waals surface area (Å²) in [4.78, 5) is 36.8. The number of anilines is 1. The molecule has 0 aromatic heterocycles. The van der Waals surface area contributed by atoms with Crippen molar-refractivity contribution < 1.29 is 24.2 Å². The molecule has 4 atom stereocenters. The molecule has 27 heavy (non-hydrogen) atoms. The summed E-state index contributed by atoms with van der Waals surface area (Å²) in [5.74, 6) is -3.47. The summed E-state index contributed by atoms with van der Waals surface area (Å²) in [5, 5.41) is 14.1. The van der Waals surface area contributed by atoms with Crippen LogP contribution in [0.4, 0.5) is 5.69 Å². The lowest BCUT2D eigenvalue weighted by atomic mass is 9.82. The molecule has 0 heterocycles. The van der Waals surface area contributed by atoms with Crippen LogP contribution in [-0.4, -0.2) is 30.1 Å². The number of aliphatic carboxylic acids is 1. The number of carboxylic acids is 1. The molecule has 0 aliphatic heterocycles. The number of hydrogen-bond acceptors (Lipinski definition) is 4. The summed E-state index contributed by atoms with van der Waals surface area (Å²) < 4.78 is 4.85. The summed E-state index contributed by atoms with van der Waals surface area (Å²) in [6, 6.07) is 10.9. The van der Waals surface area contributed by atoms with Gasteiger partial charge in [-0.25, -0.2) is 4.79 Å². The fourth-order valence-corrected chi connectivity index (χ4v) is 4.35. The number of amides is 1. The number of ether oxygens (including phenoxy) is 1. The number of rotatable bonds is 4. The van der Waals surface area contributed by atoms with Gasteiger partial charge in [-0.05, 0) is 41.2 Å². The van der Waals surface area contributed by atoms with E-state index in [9.17, 15) is 19.5 Å². The van der Waals surface area contributed by atoms with Crippen molar-refractivity contribution in [2.75, 3.05) is 12.4 Å². The molecule has 1 fully saturated rings. The Bertz CT molecular complexity index is 980. The second kappa shape index (κ2) is 6.54. The molecule has 4 rings (SSSR count). The van der Waals surface area contributed by atoms with Gasteiger partial charge in [0, 0.05) is 0 Å². The van der Waals surface area contributed by atoms with Crippen molar-refractivity contribution in [3.63, 3.8) is 0 Å². The molecule has 0 radical (unpaired) electrons. The first-order chi connectivity index (χ1) is 13.0. The number of fused-ring (bicyclic) bond motifs is 3. The number of allylic oxidation sites excluding steroid dienone is 2. The number of carbonyl (C=O) groups is 3. The van der Waals surface area contributed by atoms with Gasteiger partial charge < -0.3 is 15.2 Å². The number of carboxylic acid groups (broad SMARTS) is 1. The van der Waals surface area contributed by atoms with Crippen LogP contribution in [0.25, 0.3) is 10.8 Å². The number of hydrogen-bond donors (Lipinski definition) is 2. The molecule has 6 heteroatoms. The maximum absolute atomic E-state index is 13.0. The molecule has 0 unspecified atom stereocenters. The molecule has 6 nitrogen and oxygen atoms in total. The van der Waals surface area contributed by atoms with Gasteiger partial charge in [-0.3, -0.25) is 9.59 Å². The van der Waals surface area contributed by atoms with Crippen LogP contribution >= 0.6 is 0 Å². The monoisotopic (exact) mass is 365 g/mol. The molecule has 2 aliphatic carbocycles. The number of methoxy groups -OCH3 is 1. The molecule has 2 bridgehead atoms. The van der Waals surface area contributed by atoms with E-state index in [1.807, 2.05) is 36.4 Å². The van der Waals surface area contributed by atoms with Gasteiger partial charge in [0.1, 0.15) is 0 Å². The zero-order valence-corrected chi connectivity index (χ0v) is 14.7. The normalized spacial score (nSPS) is 25.5. The Morgan fingerprint density at radius 1 is 1.04 bits per heavy atom. The van der Waals surface area contributed by atoms with Crippen LogP contribution in [0.5, 0.6) is 0 Å². The zero-order valence-electron chi connectivity index (χ0n) is 14.7. The van der Waals surface area contributed by atoms with Crippen LogP contribution in [0.2, 0.25) is 0 Å². The fraction of sp³-hybridized carbons (Fsp3) is 0.286. The lowest BCUT2D eigenvalue weighted by Crippen LogP contribution is -2.36. The van der Waals surface area contributed by atoms with E-state index in [-0.39, 0.29) is 23.3 Å². The molecule has 0 saturated heterocycles. The topological polar surface area (TPSA) is 92.7 Å². The molecule has 138 valence electrons. The van der Waals surface area contributed by atoms with Gasteiger partial charge in [-0.2, -0.15) is 0 Å². The van der Waals surface area contributed by atoms with E-state index in [4.69, 9.17) is 4.74 Å². The molecule has 2 aliphatic rings. The van der Waals surface area contributed by atoms with Gasteiger partial charge in [-0.15, -0.1) is 0 Å². The number of nitrogens with one attached hydrogen (secondary N) is 1. The summed E-state index contributed by atoms with van der Waals surface area (Å²) >= 11 is 0. The Morgan fingerprint density at radius 2 is 1.67 bits per heavy atom. The van der Waals surface area contributed by atoms with Crippen LogP contribution in [0, 0.1) is 23.7 Å². The lowest BCUT2D eigenvalue weighted by molar-refractivity contribution is -0.146. The Balaban J connectivity index is 1.70. The third-order valence-electron chi connectivity index (χ3n) is 5.60. The third-order valence-corrected chi connectivity index (χ3v) is 5.60. The summed E-state index contributed by atoms with van der Waals surface area (Å²) in [6.07, 6.45) is 4.50. The molecule has 1 saturated carbocycles. The highest BCUT2D eigenvalue weighted by atomic mass is 16.5. The molecular formula is C21H19NO5. The highest BCUT2D eigenvalue weighted by Crippen LogP contribution is 2.48. The Labute approximate surface area is 155 Å². The minimum absolute atomic E-state index is 0.0851. The quantitative estimate of drug-likeness (QED) is 0.642. The summed E-state index contributed by atoms with van der Waals surface area (Å²) in [5.41, 5.74) is 0.580. The molecule has 1 amide bonds. The van der Waals surface area contributed by atoms with E-state index in [0.29, 0.717) is 12.1 Å². The zero-order chi connectivity index (χ0) is 19.1. The van der Waals surface area contributed by atoms with Crippen LogP contribution in [0.3, 0.4) is 0 Å². The van der Waals surface area contributed by atoms with Gasteiger partial charge in [-0.1, -0.05) is 36.4 Å². The number of carbonyl (C=O) groups excluding carboxylic acids is 2. The van der Waals surface area contributed by atoms with E-state index < -0.39 is 23.8 Å². The van der Waals surface area contributed by atoms with E-state index in [2.05, 4.69) is 5.32 Å². The SMILES string of the molecule is COC(=O)c1cc2ccccc2cc1NC(=O)[C@H]1[C@@H](C(=O)O)[C@H]2C=C[C@H]1C2. The standard InChI is InChI=1S/C21H19NO5/c1-27-21(26)15-9-11-4-2-3-5-12(11)10-16(15)22-19(23)17-13-6-7-14(8-13)18(17)20(24)25/h2-7,9-10,13-14,17-18H,8H2,1H3,(H,22,23)(H,24,25)/t13-,14-,17+,18-/m0/s1. The number of esters is 1. The van der Waals surface area contributed by atoms with E-state index in [1.54, 1.807) is 12.1 Å². The predicted octanol–water partition coefficient (Wildman–Crippen LogP) is 3.09. The second-order valence-electron chi connectivity index (χ2n) is 7.06. The van der Waals surface area contributed by atoms with E-state index in [1.165, 1.54) is 7.11 Å². The van der Waals surface area contributed by atoms with E-state index in [0.717, 1.165) is 10.8 Å². The Kier molecular flexibility index (Phi) is 4.18. The second-order valence-corrected chi connectivity index (χ2v) is 7.06. The number of benzene rings is 2. The molecular weight excluding hydrogens is 346 g/mol.